The van der Waals surface area contributed by atoms with Crippen molar-refractivity contribution in [3.8, 4) is 17.2 Å². The Kier molecular flexibility index (Phi) is 7.24. The van der Waals surface area contributed by atoms with E-state index in [1.54, 1.807) is 0 Å². The van der Waals surface area contributed by atoms with Gasteiger partial charge < -0.3 is 40.7 Å². The molecule has 0 spiro atoms. The van der Waals surface area contributed by atoms with Gasteiger partial charge in [-0.3, -0.25) is 14.4 Å². The fourth-order valence-corrected chi connectivity index (χ4v) is 5.10. The highest BCUT2D eigenvalue weighted by Crippen LogP contribution is 2.50. The average molecular weight is 516 g/mol. The molecule has 0 saturated carbocycles. The van der Waals surface area contributed by atoms with Crippen LogP contribution >= 0.6 is 0 Å². The van der Waals surface area contributed by atoms with Gasteiger partial charge in [0.15, 0.2) is 5.78 Å². The normalized spacial score (nSPS) is 26.2. The summed E-state index contributed by atoms with van der Waals surface area (Å²) in [6.45, 7) is 2.52. The van der Waals surface area contributed by atoms with Crippen LogP contribution in [0, 0.1) is 5.92 Å². The van der Waals surface area contributed by atoms with Gasteiger partial charge in [-0.2, -0.15) is 0 Å². The van der Waals surface area contributed by atoms with Gasteiger partial charge in [0.2, 0.25) is 5.78 Å². The molecule has 2 aromatic rings. The molecule has 0 radical (unpaired) electrons. The number of aliphatic hydroxyl groups excluding tert-OH is 2. The number of ether oxygens (including phenoxy) is 2. The Morgan fingerprint density at radius 3 is 2.35 bits per heavy atom. The largest absolute Gasteiger partial charge is 0.507 e. The fraction of sp³-hybridized carbons (Fsp3) is 0.423. The Morgan fingerprint density at radius 1 is 1.08 bits per heavy atom. The third-order valence-electron chi connectivity index (χ3n) is 7.15. The van der Waals surface area contributed by atoms with Crippen LogP contribution in [-0.2, 0) is 16.0 Å². The molecule has 11 heteroatoms. The lowest BCUT2D eigenvalue weighted by molar-refractivity contribution is -0.143. The molecular formula is C26H29NO10. The molecule has 7 N–H and O–H groups in total. The molecular weight excluding hydrogens is 486 g/mol. The van der Waals surface area contributed by atoms with E-state index < -0.39 is 52.7 Å². The Hall–Kier alpha value is -3.51. The first-order valence-electron chi connectivity index (χ1n) is 11.8. The number of carbonyl (C=O) groups is 3. The second-order valence-corrected chi connectivity index (χ2v) is 9.39. The third-order valence-corrected chi connectivity index (χ3v) is 7.15. The van der Waals surface area contributed by atoms with E-state index in [4.69, 9.17) is 15.2 Å². The van der Waals surface area contributed by atoms with Crippen LogP contribution < -0.4 is 10.5 Å². The number of fused-ring (bicyclic) bond motifs is 3. The molecule has 0 aromatic heterocycles. The SMILES string of the molecule is CC1OCCC(N)C1O.COc1cccc2c1C(=O)c1c(O)c3c(c(O)c1C2=O)CC(C(=O)O)CC3O. The first-order chi connectivity index (χ1) is 17.5. The number of aliphatic carboxylic acids is 1. The van der Waals surface area contributed by atoms with E-state index in [1.807, 2.05) is 6.92 Å². The summed E-state index contributed by atoms with van der Waals surface area (Å²) < 4.78 is 10.3. The maximum absolute atomic E-state index is 13.1. The minimum atomic E-state index is -1.40. The third kappa shape index (κ3) is 4.44. The molecule has 2 aliphatic carbocycles. The van der Waals surface area contributed by atoms with Crippen molar-refractivity contribution >= 4 is 17.5 Å². The summed E-state index contributed by atoms with van der Waals surface area (Å²) >= 11 is 0. The van der Waals surface area contributed by atoms with E-state index in [0.717, 1.165) is 6.42 Å². The molecule has 11 nitrogen and oxygen atoms in total. The van der Waals surface area contributed by atoms with E-state index in [2.05, 4.69) is 0 Å². The zero-order valence-electron chi connectivity index (χ0n) is 20.3. The van der Waals surface area contributed by atoms with Crippen LogP contribution in [0.2, 0.25) is 0 Å². The van der Waals surface area contributed by atoms with Crippen molar-refractivity contribution in [2.75, 3.05) is 13.7 Å². The van der Waals surface area contributed by atoms with E-state index in [9.17, 15) is 39.9 Å². The van der Waals surface area contributed by atoms with Crippen molar-refractivity contribution in [3.05, 3.63) is 51.6 Å². The van der Waals surface area contributed by atoms with Gasteiger partial charge in [0.25, 0.3) is 0 Å². The van der Waals surface area contributed by atoms with Crippen molar-refractivity contribution in [3.63, 3.8) is 0 Å². The summed E-state index contributed by atoms with van der Waals surface area (Å²) in [5, 5.41) is 50.3. The van der Waals surface area contributed by atoms with Crippen molar-refractivity contribution in [2.24, 2.45) is 11.7 Å². The summed E-state index contributed by atoms with van der Waals surface area (Å²) in [6.07, 6.45) is -1.56. The number of methoxy groups -OCH3 is 1. The number of aromatic hydroxyl groups is 2. The Balaban J connectivity index is 0.000000301. The van der Waals surface area contributed by atoms with Crippen molar-refractivity contribution in [1.29, 1.82) is 0 Å². The van der Waals surface area contributed by atoms with Gasteiger partial charge in [-0.05, 0) is 32.3 Å². The molecule has 1 aliphatic heterocycles. The molecule has 37 heavy (non-hydrogen) atoms. The number of carboxylic acid groups (broad SMARTS) is 1. The first-order valence-corrected chi connectivity index (χ1v) is 11.8. The smallest absolute Gasteiger partial charge is 0.306 e. The van der Waals surface area contributed by atoms with Crippen LogP contribution in [0.3, 0.4) is 0 Å². The molecule has 5 atom stereocenters. The fourth-order valence-electron chi connectivity index (χ4n) is 5.10. The van der Waals surface area contributed by atoms with Crippen molar-refractivity contribution in [2.45, 2.75) is 50.5 Å². The van der Waals surface area contributed by atoms with Gasteiger partial charge >= 0.3 is 5.97 Å². The first kappa shape index (κ1) is 26.6. The van der Waals surface area contributed by atoms with E-state index in [1.165, 1.54) is 25.3 Å². The zero-order chi connectivity index (χ0) is 27.2. The lowest BCUT2D eigenvalue weighted by Gasteiger charge is -2.31. The molecule has 3 aliphatic rings. The van der Waals surface area contributed by atoms with Crippen LogP contribution in [0.15, 0.2) is 18.2 Å². The quantitative estimate of drug-likeness (QED) is 0.267. The highest BCUT2D eigenvalue weighted by molar-refractivity contribution is 6.31. The Morgan fingerprint density at radius 2 is 1.76 bits per heavy atom. The van der Waals surface area contributed by atoms with E-state index >= 15 is 0 Å². The minimum absolute atomic E-state index is 0.0117. The number of rotatable bonds is 2. The Bertz CT molecular complexity index is 1260. The van der Waals surface area contributed by atoms with Crippen LogP contribution in [0.1, 0.15) is 68.8 Å². The number of hydrogen-bond acceptors (Lipinski definition) is 10. The van der Waals surface area contributed by atoms with Crippen molar-refractivity contribution in [1.82, 2.24) is 0 Å². The van der Waals surface area contributed by atoms with Crippen LogP contribution in [0.25, 0.3) is 0 Å². The Labute approximate surface area is 212 Å². The number of nitrogens with two attached hydrogens (primary N) is 1. The number of benzene rings is 2. The monoisotopic (exact) mass is 515 g/mol. The molecule has 1 saturated heterocycles. The molecule has 0 amide bonds. The topological polar surface area (TPSA) is 197 Å². The molecule has 1 heterocycles. The maximum atomic E-state index is 13.1. The zero-order valence-corrected chi connectivity index (χ0v) is 20.3. The van der Waals surface area contributed by atoms with E-state index in [-0.39, 0.29) is 58.6 Å². The number of carbonyl (C=O) groups excluding carboxylic acids is 2. The summed E-state index contributed by atoms with van der Waals surface area (Å²) in [7, 11) is 1.34. The number of phenolic OH excluding ortho intramolecular Hbond substituents is 2. The summed E-state index contributed by atoms with van der Waals surface area (Å²) in [5.74, 6) is -4.62. The number of carboxylic acids is 1. The second-order valence-electron chi connectivity index (χ2n) is 9.39. The number of phenols is 2. The summed E-state index contributed by atoms with van der Waals surface area (Å²) in [6, 6.07) is 4.34. The highest BCUT2D eigenvalue weighted by Gasteiger charge is 2.43. The molecule has 198 valence electrons. The highest BCUT2D eigenvalue weighted by atomic mass is 16.5. The predicted molar refractivity (Wildman–Crippen MR) is 128 cm³/mol. The lowest BCUT2D eigenvalue weighted by atomic mass is 9.74. The minimum Gasteiger partial charge on any atom is -0.507 e. The molecule has 0 bridgehead atoms. The second kappa shape index (κ2) is 10.1. The van der Waals surface area contributed by atoms with Crippen LogP contribution in [0.4, 0.5) is 0 Å². The molecule has 1 fully saturated rings. The van der Waals surface area contributed by atoms with Gasteiger partial charge in [0.1, 0.15) is 17.2 Å². The number of aliphatic hydroxyl groups is 2. The van der Waals surface area contributed by atoms with Crippen LogP contribution in [-0.4, -0.2) is 75.0 Å². The van der Waals surface area contributed by atoms with Crippen LogP contribution in [0.5, 0.6) is 17.2 Å². The van der Waals surface area contributed by atoms with Gasteiger partial charge in [-0.25, -0.2) is 0 Å². The van der Waals surface area contributed by atoms with Gasteiger partial charge in [-0.1, -0.05) is 12.1 Å². The standard InChI is InChI=1S/C20H16O8.C6H13NO2/c1-28-11-4-2-3-8-13(11)19(25)15-14(16(8)22)17(23)9-5-7(20(26)27)6-10(21)12(9)18(15)24;1-4-6(8)5(7)2-3-9-4/h2-4,7,10,21,23-24H,5-6H2,1H3,(H,26,27);4-6,8H,2-3,7H2,1H3. The summed E-state index contributed by atoms with van der Waals surface area (Å²) in [4.78, 5) is 37.5. The number of ketones is 2. The summed E-state index contributed by atoms with van der Waals surface area (Å²) in [5.41, 5.74) is 4.56. The van der Waals surface area contributed by atoms with Gasteiger partial charge in [-0.15, -0.1) is 0 Å². The van der Waals surface area contributed by atoms with E-state index in [0.29, 0.717) is 6.61 Å². The molecule has 2 aromatic carbocycles. The van der Waals surface area contributed by atoms with Crippen molar-refractivity contribution < 1.29 is 49.4 Å². The maximum Gasteiger partial charge on any atom is 0.306 e. The average Bonchev–Trinajstić information content (AvgIpc) is 2.87. The van der Waals surface area contributed by atoms with Gasteiger partial charge in [0.05, 0.1) is 48.0 Å². The lowest BCUT2D eigenvalue weighted by Crippen LogP contribution is -2.47. The predicted octanol–water partition coefficient (Wildman–Crippen LogP) is 1.05. The molecule has 5 unspecified atom stereocenters. The number of hydrogen-bond donors (Lipinski definition) is 6. The van der Waals surface area contributed by atoms with Gasteiger partial charge in [0, 0.05) is 29.3 Å². The molecule has 5 rings (SSSR count).